The zero-order chi connectivity index (χ0) is 22.0. The van der Waals surface area contributed by atoms with Gasteiger partial charge >= 0.3 is 0 Å². The molecular weight excluding hydrogens is 460 g/mol. The van der Waals surface area contributed by atoms with Gasteiger partial charge in [0.1, 0.15) is 11.3 Å². The van der Waals surface area contributed by atoms with Crippen molar-refractivity contribution in [2.45, 2.75) is 20.0 Å². The number of para-hydroxylation sites is 1. The molecule has 158 valence electrons. The van der Waals surface area contributed by atoms with E-state index in [1.807, 2.05) is 55.5 Å². The molecule has 31 heavy (non-hydrogen) atoms. The molecule has 1 aromatic heterocycles. The number of fused-ring (bicyclic) bond motifs is 1. The summed E-state index contributed by atoms with van der Waals surface area (Å²) in [6, 6.07) is 18.4. The van der Waals surface area contributed by atoms with Crippen molar-refractivity contribution in [1.29, 1.82) is 0 Å². The highest BCUT2D eigenvalue weighted by molar-refractivity contribution is 9.10. The minimum Gasteiger partial charge on any atom is -0.483 e. The first-order valence-electron chi connectivity index (χ1n) is 9.77. The van der Waals surface area contributed by atoms with Gasteiger partial charge in [0.05, 0.1) is 6.10 Å². The number of halogens is 1. The van der Waals surface area contributed by atoms with Crippen LogP contribution in [0, 0.1) is 6.92 Å². The van der Waals surface area contributed by atoms with Crippen molar-refractivity contribution in [2.24, 2.45) is 0 Å². The van der Waals surface area contributed by atoms with E-state index >= 15 is 0 Å². The number of hydrogen-bond donors (Lipinski definition) is 2. The molecule has 3 aromatic carbocycles. The molecule has 0 aliphatic heterocycles. The number of aliphatic hydroxyl groups is 1. The molecule has 4 aromatic rings. The molecule has 0 aliphatic rings. The largest absolute Gasteiger partial charge is 0.483 e. The Hall–Kier alpha value is -3.16. The fourth-order valence-electron chi connectivity index (χ4n) is 3.21. The monoisotopic (exact) mass is 480 g/mol. The number of hydrogen-bond acceptors (Lipinski definition) is 5. The Bertz CT molecular complexity index is 1230. The average Bonchev–Trinajstić information content (AvgIpc) is 3.16. The summed E-state index contributed by atoms with van der Waals surface area (Å²) in [6.45, 7) is 3.54. The van der Waals surface area contributed by atoms with Crippen LogP contribution in [-0.4, -0.2) is 22.6 Å². The van der Waals surface area contributed by atoms with Gasteiger partial charge in [-0.1, -0.05) is 34.1 Å². The molecule has 0 spiro atoms. The van der Waals surface area contributed by atoms with Crippen molar-refractivity contribution in [3.05, 3.63) is 76.3 Å². The average molecular weight is 481 g/mol. The van der Waals surface area contributed by atoms with Crippen molar-refractivity contribution in [3.8, 4) is 17.2 Å². The second-order valence-corrected chi connectivity index (χ2v) is 8.13. The highest BCUT2D eigenvalue weighted by Gasteiger charge is 2.16. The molecule has 0 radical (unpaired) electrons. The maximum atomic E-state index is 12.2. The number of nitrogens with one attached hydrogen (secondary N) is 1. The van der Waals surface area contributed by atoms with Gasteiger partial charge in [0.2, 0.25) is 5.89 Å². The SMILES string of the molecule is Cc1ccccc1OCC(=O)Nc1ccc(-c2nc3cc(Br)cc([C@H](C)O)c3o2)cc1. The smallest absolute Gasteiger partial charge is 0.262 e. The number of rotatable bonds is 6. The summed E-state index contributed by atoms with van der Waals surface area (Å²) in [4.78, 5) is 16.7. The van der Waals surface area contributed by atoms with Crippen LogP contribution >= 0.6 is 15.9 Å². The Morgan fingerprint density at radius 2 is 1.94 bits per heavy atom. The number of ether oxygens (including phenoxy) is 1. The van der Waals surface area contributed by atoms with Gasteiger partial charge in [0.15, 0.2) is 12.2 Å². The van der Waals surface area contributed by atoms with Crippen molar-refractivity contribution < 1.29 is 19.1 Å². The fraction of sp³-hybridized carbons (Fsp3) is 0.167. The van der Waals surface area contributed by atoms with Crippen molar-refractivity contribution >= 4 is 38.6 Å². The summed E-state index contributed by atoms with van der Waals surface area (Å²) in [5.41, 5.74) is 4.26. The lowest BCUT2D eigenvalue weighted by Gasteiger charge is -2.09. The molecule has 0 aliphatic carbocycles. The van der Waals surface area contributed by atoms with E-state index < -0.39 is 6.10 Å². The quantitative estimate of drug-likeness (QED) is 0.373. The second-order valence-electron chi connectivity index (χ2n) is 7.22. The third-order valence-electron chi connectivity index (χ3n) is 4.80. The van der Waals surface area contributed by atoms with Crippen LogP contribution in [0.1, 0.15) is 24.2 Å². The molecule has 0 bridgehead atoms. The van der Waals surface area contributed by atoms with Crippen molar-refractivity contribution in [2.75, 3.05) is 11.9 Å². The standard InChI is InChI=1S/C24H21BrN2O4/c1-14-5-3-4-6-21(14)30-13-22(29)26-18-9-7-16(8-10-18)24-27-20-12-17(25)11-19(15(2)28)23(20)31-24/h3-12,15,28H,13H2,1-2H3,(H,26,29)/t15-/m0/s1. The summed E-state index contributed by atoms with van der Waals surface area (Å²) < 4.78 is 12.3. The summed E-state index contributed by atoms with van der Waals surface area (Å²) in [5, 5.41) is 12.8. The van der Waals surface area contributed by atoms with Crippen LogP contribution in [-0.2, 0) is 4.79 Å². The van der Waals surface area contributed by atoms with Gasteiger partial charge in [-0.25, -0.2) is 4.98 Å². The van der Waals surface area contributed by atoms with E-state index in [-0.39, 0.29) is 12.5 Å². The summed E-state index contributed by atoms with van der Waals surface area (Å²) in [5.74, 6) is 0.882. The van der Waals surface area contributed by atoms with Crippen LogP contribution in [0.15, 0.2) is 69.6 Å². The van der Waals surface area contributed by atoms with Crippen LogP contribution in [0.25, 0.3) is 22.6 Å². The van der Waals surface area contributed by atoms with E-state index in [1.54, 1.807) is 19.1 Å². The zero-order valence-corrected chi connectivity index (χ0v) is 18.6. The van der Waals surface area contributed by atoms with Crippen LogP contribution < -0.4 is 10.1 Å². The van der Waals surface area contributed by atoms with Crippen LogP contribution in [0.3, 0.4) is 0 Å². The number of carbonyl (C=O) groups excluding carboxylic acids is 1. The Balaban J connectivity index is 1.46. The van der Waals surface area contributed by atoms with Gasteiger partial charge in [0, 0.05) is 21.3 Å². The maximum Gasteiger partial charge on any atom is 0.262 e. The first-order valence-corrected chi connectivity index (χ1v) is 10.6. The number of aryl methyl sites for hydroxylation is 1. The van der Waals surface area contributed by atoms with E-state index in [0.717, 1.165) is 15.6 Å². The molecule has 1 atom stereocenters. The minimum absolute atomic E-state index is 0.0747. The third kappa shape index (κ3) is 4.78. The van der Waals surface area contributed by atoms with E-state index in [0.29, 0.717) is 34.0 Å². The van der Waals surface area contributed by atoms with E-state index in [9.17, 15) is 9.90 Å². The normalized spacial score (nSPS) is 12.0. The van der Waals surface area contributed by atoms with Gasteiger partial charge < -0.3 is 19.6 Å². The molecule has 0 saturated heterocycles. The summed E-state index contributed by atoms with van der Waals surface area (Å²) in [7, 11) is 0. The summed E-state index contributed by atoms with van der Waals surface area (Å²) in [6.07, 6.45) is -0.680. The van der Waals surface area contributed by atoms with Gasteiger partial charge in [-0.05, 0) is 61.9 Å². The van der Waals surface area contributed by atoms with E-state index in [2.05, 4.69) is 26.2 Å². The highest BCUT2D eigenvalue weighted by atomic mass is 79.9. The molecule has 1 heterocycles. The molecule has 7 heteroatoms. The second kappa shape index (κ2) is 8.91. The molecular formula is C24H21BrN2O4. The molecule has 1 amide bonds. The first kappa shape index (κ1) is 21.1. The van der Waals surface area contributed by atoms with E-state index in [4.69, 9.17) is 9.15 Å². The van der Waals surface area contributed by atoms with Crippen molar-refractivity contribution in [1.82, 2.24) is 4.98 Å². The lowest BCUT2D eigenvalue weighted by atomic mass is 10.1. The topological polar surface area (TPSA) is 84.6 Å². The zero-order valence-electron chi connectivity index (χ0n) is 17.1. The molecule has 0 saturated carbocycles. The van der Waals surface area contributed by atoms with Crippen LogP contribution in [0.2, 0.25) is 0 Å². The third-order valence-corrected chi connectivity index (χ3v) is 5.26. The predicted octanol–water partition coefficient (Wildman–Crippen LogP) is 5.64. The number of amides is 1. The van der Waals surface area contributed by atoms with Gasteiger partial charge in [-0.3, -0.25) is 4.79 Å². The minimum atomic E-state index is -0.680. The lowest BCUT2D eigenvalue weighted by Crippen LogP contribution is -2.20. The number of aliphatic hydroxyl groups excluding tert-OH is 1. The van der Waals surface area contributed by atoms with Crippen molar-refractivity contribution in [3.63, 3.8) is 0 Å². The molecule has 0 fully saturated rings. The lowest BCUT2D eigenvalue weighted by molar-refractivity contribution is -0.118. The van der Waals surface area contributed by atoms with Gasteiger partial charge in [0.25, 0.3) is 5.91 Å². The number of nitrogens with zero attached hydrogens (tertiary/aromatic N) is 1. The van der Waals surface area contributed by atoms with E-state index in [1.165, 1.54) is 0 Å². The number of oxazole rings is 1. The molecule has 0 unspecified atom stereocenters. The molecule has 2 N–H and O–H groups in total. The Morgan fingerprint density at radius 3 is 2.65 bits per heavy atom. The number of anilines is 1. The predicted molar refractivity (Wildman–Crippen MR) is 123 cm³/mol. The molecule has 6 nitrogen and oxygen atoms in total. The number of carbonyl (C=O) groups is 1. The molecule has 4 rings (SSSR count). The van der Waals surface area contributed by atoms with Gasteiger partial charge in [-0.15, -0.1) is 0 Å². The number of benzene rings is 3. The first-order chi connectivity index (χ1) is 14.9. The Kier molecular flexibility index (Phi) is 6.06. The highest BCUT2D eigenvalue weighted by Crippen LogP contribution is 2.32. The fourth-order valence-corrected chi connectivity index (χ4v) is 3.68. The van der Waals surface area contributed by atoms with Gasteiger partial charge in [-0.2, -0.15) is 0 Å². The number of aromatic nitrogens is 1. The maximum absolute atomic E-state index is 12.2. The van der Waals surface area contributed by atoms with Crippen LogP contribution in [0.5, 0.6) is 5.75 Å². The summed E-state index contributed by atoms with van der Waals surface area (Å²) >= 11 is 3.44. The van der Waals surface area contributed by atoms with Crippen LogP contribution in [0.4, 0.5) is 5.69 Å². The Labute approximate surface area is 188 Å². The Morgan fingerprint density at radius 1 is 1.19 bits per heavy atom.